The van der Waals surface area contributed by atoms with Crippen LogP contribution in [0.25, 0.3) is 0 Å². The summed E-state index contributed by atoms with van der Waals surface area (Å²) in [6.07, 6.45) is 7.13. The van der Waals surface area contributed by atoms with Crippen LogP contribution in [0.1, 0.15) is 53.9 Å². The summed E-state index contributed by atoms with van der Waals surface area (Å²) in [5.41, 5.74) is 1.23. The van der Waals surface area contributed by atoms with Crippen LogP contribution >= 0.6 is 0 Å². The van der Waals surface area contributed by atoms with Gasteiger partial charge in [0, 0.05) is 19.3 Å². The highest BCUT2D eigenvalue weighted by Crippen LogP contribution is 2.31. The average molecular weight is 351 g/mol. The highest BCUT2D eigenvalue weighted by Gasteiger charge is 2.25. The lowest BCUT2D eigenvalue weighted by molar-refractivity contribution is -0.123. The quantitative estimate of drug-likeness (QED) is 0.773. The molecule has 0 aromatic carbocycles. The number of ether oxygens (including phenoxy) is 2. The van der Waals surface area contributed by atoms with Gasteiger partial charge in [-0.2, -0.15) is 0 Å². The van der Waals surface area contributed by atoms with Gasteiger partial charge < -0.3 is 14.8 Å². The van der Waals surface area contributed by atoms with Crippen LogP contribution in [0.2, 0.25) is 0 Å². The van der Waals surface area contributed by atoms with Crippen molar-refractivity contribution >= 4 is 5.91 Å². The molecule has 0 saturated carbocycles. The lowest BCUT2D eigenvalue weighted by atomic mass is 9.84. The first-order valence-corrected chi connectivity index (χ1v) is 9.52. The SMILES string of the molecule is CCC1C=C(C(C)(C)C)C=C(NC(=O)C(C)NCC2CCOCC2)O1. The summed E-state index contributed by atoms with van der Waals surface area (Å²) in [4.78, 5) is 12.5. The lowest BCUT2D eigenvalue weighted by Crippen LogP contribution is -2.45. The Bertz CT molecular complexity index is 514. The Hall–Kier alpha value is -1.33. The van der Waals surface area contributed by atoms with E-state index < -0.39 is 0 Å². The van der Waals surface area contributed by atoms with Crippen molar-refractivity contribution in [3.05, 3.63) is 23.6 Å². The van der Waals surface area contributed by atoms with Crippen LogP contribution in [-0.4, -0.2) is 37.8 Å². The zero-order valence-corrected chi connectivity index (χ0v) is 16.4. The Morgan fingerprint density at radius 3 is 2.60 bits per heavy atom. The summed E-state index contributed by atoms with van der Waals surface area (Å²) in [7, 11) is 0. The van der Waals surface area contributed by atoms with E-state index in [9.17, 15) is 4.79 Å². The van der Waals surface area contributed by atoms with Crippen LogP contribution in [0, 0.1) is 11.3 Å². The van der Waals surface area contributed by atoms with Crippen molar-refractivity contribution in [2.45, 2.75) is 66.0 Å². The molecule has 142 valence electrons. The standard InChI is InChI=1S/C20H34N2O3/c1-6-17-11-16(20(3,4)5)12-18(25-17)22-19(23)14(2)21-13-15-7-9-24-10-8-15/h11-12,14-15,17,21H,6-10,13H2,1-5H3,(H,22,23). The number of rotatable bonds is 6. The molecule has 0 aromatic heterocycles. The number of hydrogen-bond donors (Lipinski definition) is 2. The van der Waals surface area contributed by atoms with Gasteiger partial charge in [-0.25, -0.2) is 0 Å². The minimum atomic E-state index is -0.253. The van der Waals surface area contributed by atoms with Crippen LogP contribution in [0.4, 0.5) is 0 Å². The maximum Gasteiger partial charge on any atom is 0.243 e. The molecule has 2 rings (SSSR count). The summed E-state index contributed by atoms with van der Waals surface area (Å²) in [5.74, 6) is 1.10. The third kappa shape index (κ3) is 6.15. The molecule has 1 saturated heterocycles. The summed E-state index contributed by atoms with van der Waals surface area (Å²) in [6.45, 7) is 13.0. The molecule has 2 aliphatic rings. The molecule has 2 atom stereocenters. The summed E-state index contributed by atoms with van der Waals surface area (Å²) in [5, 5.41) is 6.29. The van der Waals surface area contributed by atoms with Crippen molar-refractivity contribution in [3.8, 4) is 0 Å². The van der Waals surface area contributed by atoms with Gasteiger partial charge in [0.05, 0.1) is 6.04 Å². The molecule has 0 aromatic rings. The van der Waals surface area contributed by atoms with Gasteiger partial charge in [0.1, 0.15) is 6.10 Å². The molecule has 1 fully saturated rings. The van der Waals surface area contributed by atoms with Crippen molar-refractivity contribution in [1.29, 1.82) is 0 Å². The molecule has 2 unspecified atom stereocenters. The zero-order valence-electron chi connectivity index (χ0n) is 16.4. The first-order valence-electron chi connectivity index (χ1n) is 9.52. The number of hydrogen-bond acceptors (Lipinski definition) is 4. The molecule has 1 amide bonds. The Labute approximate surface area is 152 Å². The van der Waals surface area contributed by atoms with Crippen molar-refractivity contribution in [3.63, 3.8) is 0 Å². The first-order chi connectivity index (χ1) is 11.8. The predicted octanol–water partition coefficient (Wildman–Crippen LogP) is 3.13. The molecule has 0 spiro atoms. The lowest BCUT2D eigenvalue weighted by Gasteiger charge is -2.29. The highest BCUT2D eigenvalue weighted by molar-refractivity contribution is 5.82. The maximum absolute atomic E-state index is 12.5. The topological polar surface area (TPSA) is 59.6 Å². The summed E-state index contributed by atoms with van der Waals surface area (Å²) >= 11 is 0. The molecular formula is C20H34N2O3. The second-order valence-corrected chi connectivity index (χ2v) is 8.12. The molecule has 2 aliphatic heterocycles. The van der Waals surface area contributed by atoms with Gasteiger partial charge in [0.25, 0.3) is 0 Å². The second kappa shape index (κ2) is 8.86. The molecule has 25 heavy (non-hydrogen) atoms. The number of nitrogens with one attached hydrogen (secondary N) is 2. The van der Waals surface area contributed by atoms with Gasteiger partial charge in [0.2, 0.25) is 5.91 Å². The molecule has 5 heteroatoms. The third-order valence-electron chi connectivity index (χ3n) is 4.89. The van der Waals surface area contributed by atoms with Gasteiger partial charge in [-0.1, -0.05) is 27.7 Å². The Morgan fingerprint density at radius 2 is 2.00 bits per heavy atom. The number of carbonyl (C=O) groups excluding carboxylic acids is 1. The second-order valence-electron chi connectivity index (χ2n) is 8.12. The van der Waals surface area contributed by atoms with E-state index in [1.54, 1.807) is 0 Å². The largest absolute Gasteiger partial charge is 0.471 e. The Kier molecular flexibility index (Phi) is 7.08. The van der Waals surface area contributed by atoms with E-state index in [0.717, 1.165) is 39.0 Å². The Morgan fingerprint density at radius 1 is 1.32 bits per heavy atom. The first kappa shape index (κ1) is 20.0. The normalized spacial score (nSPS) is 23.3. The maximum atomic E-state index is 12.5. The average Bonchev–Trinajstić information content (AvgIpc) is 2.59. The van der Waals surface area contributed by atoms with E-state index >= 15 is 0 Å². The minimum absolute atomic E-state index is 0.0139. The van der Waals surface area contributed by atoms with Crippen LogP contribution in [0.5, 0.6) is 0 Å². The van der Waals surface area contributed by atoms with Crippen LogP contribution in [0.3, 0.4) is 0 Å². The van der Waals surface area contributed by atoms with Gasteiger partial charge in [-0.15, -0.1) is 0 Å². The zero-order chi connectivity index (χ0) is 18.4. The van der Waals surface area contributed by atoms with E-state index in [1.165, 1.54) is 5.57 Å². The number of carbonyl (C=O) groups is 1. The molecule has 2 N–H and O–H groups in total. The Balaban J connectivity index is 1.89. The van der Waals surface area contributed by atoms with Crippen LogP contribution in [0.15, 0.2) is 23.6 Å². The fourth-order valence-corrected chi connectivity index (χ4v) is 2.97. The molecular weight excluding hydrogens is 316 g/mol. The van der Waals surface area contributed by atoms with Gasteiger partial charge in [-0.3, -0.25) is 10.1 Å². The molecule has 0 radical (unpaired) electrons. The van der Waals surface area contributed by atoms with Gasteiger partial charge in [-0.05, 0) is 55.7 Å². The number of allylic oxidation sites excluding steroid dienone is 2. The van der Waals surface area contributed by atoms with E-state index in [4.69, 9.17) is 9.47 Å². The van der Waals surface area contributed by atoms with E-state index in [2.05, 4.69) is 44.4 Å². The van der Waals surface area contributed by atoms with Crippen molar-refractivity contribution in [2.24, 2.45) is 11.3 Å². The van der Waals surface area contributed by atoms with E-state index in [1.807, 2.05) is 13.0 Å². The summed E-state index contributed by atoms with van der Waals surface area (Å²) in [6, 6.07) is -0.253. The van der Waals surface area contributed by atoms with Crippen LogP contribution in [-0.2, 0) is 14.3 Å². The van der Waals surface area contributed by atoms with Crippen molar-refractivity contribution in [1.82, 2.24) is 10.6 Å². The molecule has 5 nitrogen and oxygen atoms in total. The van der Waals surface area contributed by atoms with Crippen molar-refractivity contribution in [2.75, 3.05) is 19.8 Å². The fourth-order valence-electron chi connectivity index (χ4n) is 2.97. The van der Waals surface area contributed by atoms with Gasteiger partial charge >= 0.3 is 0 Å². The van der Waals surface area contributed by atoms with E-state index in [-0.39, 0.29) is 23.5 Å². The monoisotopic (exact) mass is 350 g/mol. The molecule has 0 bridgehead atoms. The third-order valence-corrected chi connectivity index (χ3v) is 4.89. The van der Waals surface area contributed by atoms with Crippen LogP contribution < -0.4 is 10.6 Å². The van der Waals surface area contributed by atoms with Crippen molar-refractivity contribution < 1.29 is 14.3 Å². The minimum Gasteiger partial charge on any atom is -0.471 e. The smallest absolute Gasteiger partial charge is 0.243 e. The summed E-state index contributed by atoms with van der Waals surface area (Å²) < 4.78 is 11.3. The highest BCUT2D eigenvalue weighted by atomic mass is 16.5. The molecule has 0 aliphatic carbocycles. The van der Waals surface area contributed by atoms with Gasteiger partial charge in [0.15, 0.2) is 5.88 Å². The van der Waals surface area contributed by atoms with E-state index in [0.29, 0.717) is 11.8 Å². The molecule has 2 heterocycles. The predicted molar refractivity (Wildman–Crippen MR) is 99.9 cm³/mol. The fraction of sp³-hybridized carbons (Fsp3) is 0.750. The number of amides is 1.